The van der Waals surface area contributed by atoms with Crippen LogP contribution in [0.5, 0.6) is 0 Å². The van der Waals surface area contributed by atoms with Crippen LogP contribution in [0.2, 0.25) is 0 Å². The lowest BCUT2D eigenvalue weighted by molar-refractivity contribution is -0.152. The highest BCUT2D eigenvalue weighted by molar-refractivity contribution is 5.88. The number of hydrogen-bond donors (Lipinski definition) is 1. The van der Waals surface area contributed by atoms with Crippen LogP contribution in [0.1, 0.15) is 39.2 Å². The number of fused-ring (bicyclic) bond motifs is 2. The summed E-state index contributed by atoms with van der Waals surface area (Å²) in [5, 5.41) is 1.39. The quantitative estimate of drug-likeness (QED) is 0.672. The fourth-order valence-electron chi connectivity index (χ4n) is 3.99. The maximum absolute atomic E-state index is 12.8. The van der Waals surface area contributed by atoms with Crippen LogP contribution in [0.4, 0.5) is 9.59 Å². The normalized spacial score (nSPS) is 23.2. The van der Waals surface area contributed by atoms with Gasteiger partial charge in [-0.05, 0) is 39.2 Å². The molecule has 4 amide bonds. The number of hydrogen-bond acceptors (Lipinski definition) is 6. The lowest BCUT2D eigenvalue weighted by atomic mass is 10.0. The monoisotopic (exact) mass is 446 g/mol. The third-order valence-corrected chi connectivity index (χ3v) is 5.66. The number of carbonyl (C=O) groups is 3. The van der Waals surface area contributed by atoms with E-state index < -0.39 is 17.7 Å². The average molecular weight is 447 g/mol. The predicted octanol–water partition coefficient (Wildman–Crippen LogP) is 2.05. The van der Waals surface area contributed by atoms with Crippen LogP contribution in [0, 0.1) is 0 Å². The highest BCUT2D eigenvalue weighted by Gasteiger charge is 2.48. The van der Waals surface area contributed by atoms with Gasteiger partial charge in [0.15, 0.2) is 0 Å². The summed E-state index contributed by atoms with van der Waals surface area (Å²) in [6.45, 7) is 6.84. The number of piperidine rings is 1. The number of nitrogens with one attached hydrogen (secondary N) is 1. The lowest BCUT2D eigenvalue weighted by Gasteiger charge is -2.39. The molecule has 1 N–H and O–H groups in total. The number of urea groups is 1. The summed E-state index contributed by atoms with van der Waals surface area (Å²) in [6.07, 6.45) is 0.499. The SMILES string of the molecule is CC(C)(C)OC(=O)N1CC(ONC(=O)C2CCC3CN2C(=O)N3OCc2ccccc2)C1. The maximum atomic E-state index is 12.8. The molecule has 3 aliphatic heterocycles. The molecule has 3 saturated heterocycles. The van der Waals surface area contributed by atoms with Gasteiger partial charge in [0.05, 0.1) is 19.1 Å². The number of nitrogens with zero attached hydrogens (tertiary/aromatic N) is 3. The van der Waals surface area contributed by atoms with Gasteiger partial charge in [-0.3, -0.25) is 14.5 Å². The van der Waals surface area contributed by atoms with E-state index in [1.807, 2.05) is 30.3 Å². The number of rotatable bonds is 6. The zero-order valence-electron chi connectivity index (χ0n) is 18.7. The molecular formula is C22H30N4O6. The predicted molar refractivity (Wildman–Crippen MR) is 113 cm³/mol. The molecule has 10 nitrogen and oxygen atoms in total. The van der Waals surface area contributed by atoms with Crippen molar-refractivity contribution in [2.45, 2.75) is 64.0 Å². The topological polar surface area (TPSA) is 101 Å². The molecule has 3 heterocycles. The van der Waals surface area contributed by atoms with Crippen molar-refractivity contribution in [2.75, 3.05) is 19.6 Å². The number of likely N-dealkylation sites (tertiary alicyclic amines) is 1. The molecule has 1 aromatic carbocycles. The van der Waals surface area contributed by atoms with Gasteiger partial charge in [-0.25, -0.2) is 15.1 Å². The summed E-state index contributed by atoms with van der Waals surface area (Å²) in [7, 11) is 0. The van der Waals surface area contributed by atoms with E-state index >= 15 is 0 Å². The molecule has 0 spiro atoms. The molecule has 2 atom stereocenters. The molecule has 4 rings (SSSR count). The van der Waals surface area contributed by atoms with E-state index in [1.165, 1.54) is 14.9 Å². The zero-order valence-corrected chi connectivity index (χ0v) is 18.7. The van der Waals surface area contributed by atoms with E-state index in [-0.39, 0.29) is 24.1 Å². The largest absolute Gasteiger partial charge is 0.444 e. The smallest absolute Gasteiger partial charge is 0.410 e. The van der Waals surface area contributed by atoms with Crippen molar-refractivity contribution < 1.29 is 28.8 Å². The molecule has 174 valence electrons. The maximum Gasteiger partial charge on any atom is 0.410 e. The Labute approximate surface area is 187 Å². The molecule has 0 aliphatic carbocycles. The summed E-state index contributed by atoms with van der Waals surface area (Å²) in [4.78, 5) is 51.7. The minimum Gasteiger partial charge on any atom is -0.444 e. The van der Waals surface area contributed by atoms with Crippen molar-refractivity contribution in [3.05, 3.63) is 35.9 Å². The van der Waals surface area contributed by atoms with Crippen molar-refractivity contribution in [3.8, 4) is 0 Å². The minimum absolute atomic E-state index is 0.0646. The van der Waals surface area contributed by atoms with Gasteiger partial charge in [0.25, 0.3) is 5.91 Å². The third kappa shape index (κ3) is 4.97. The van der Waals surface area contributed by atoms with Gasteiger partial charge in [0.2, 0.25) is 0 Å². The summed E-state index contributed by atoms with van der Waals surface area (Å²) < 4.78 is 5.30. The third-order valence-electron chi connectivity index (χ3n) is 5.66. The number of ether oxygens (including phenoxy) is 1. The van der Waals surface area contributed by atoms with Crippen molar-refractivity contribution in [1.82, 2.24) is 20.3 Å². The summed E-state index contributed by atoms with van der Waals surface area (Å²) >= 11 is 0. The van der Waals surface area contributed by atoms with E-state index in [0.717, 1.165) is 5.56 Å². The molecule has 0 radical (unpaired) electrons. The molecule has 0 aromatic heterocycles. The lowest BCUT2D eigenvalue weighted by Crippen LogP contribution is -2.58. The van der Waals surface area contributed by atoms with Crippen LogP contribution >= 0.6 is 0 Å². The van der Waals surface area contributed by atoms with Gasteiger partial charge in [-0.15, -0.1) is 0 Å². The number of hydroxylamine groups is 3. The van der Waals surface area contributed by atoms with Gasteiger partial charge in [-0.1, -0.05) is 30.3 Å². The Balaban J connectivity index is 1.22. The molecule has 3 aliphatic rings. The Morgan fingerprint density at radius 3 is 2.50 bits per heavy atom. The standard InChI is InChI=1S/C22H30N4O6/c1-22(2,3)31-21(29)24-12-17(13-24)32-23-19(27)18-10-9-16-11-25(18)20(28)26(16)30-14-15-7-5-4-6-8-15/h4-8,16-18H,9-14H2,1-3H3,(H,23,27). The van der Waals surface area contributed by atoms with Crippen molar-refractivity contribution >= 4 is 18.0 Å². The van der Waals surface area contributed by atoms with Crippen molar-refractivity contribution in [3.63, 3.8) is 0 Å². The second kappa shape index (κ2) is 8.95. The van der Waals surface area contributed by atoms with Crippen LogP contribution in [-0.2, 0) is 25.8 Å². The van der Waals surface area contributed by atoms with Crippen LogP contribution in [0.15, 0.2) is 30.3 Å². The molecule has 0 saturated carbocycles. The second-order valence-electron chi connectivity index (χ2n) is 9.36. The van der Waals surface area contributed by atoms with Crippen LogP contribution in [0.3, 0.4) is 0 Å². The van der Waals surface area contributed by atoms with Crippen molar-refractivity contribution in [1.29, 1.82) is 0 Å². The number of benzene rings is 1. The molecule has 3 fully saturated rings. The van der Waals surface area contributed by atoms with Crippen LogP contribution < -0.4 is 5.48 Å². The van der Waals surface area contributed by atoms with Gasteiger partial charge in [-0.2, -0.15) is 5.06 Å². The van der Waals surface area contributed by atoms with E-state index in [2.05, 4.69) is 5.48 Å². The minimum atomic E-state index is -0.605. The average Bonchev–Trinajstić information content (AvgIpc) is 2.94. The summed E-state index contributed by atoms with van der Waals surface area (Å²) in [5.41, 5.74) is 2.88. The van der Waals surface area contributed by atoms with Crippen LogP contribution in [-0.4, -0.2) is 76.3 Å². The first-order chi connectivity index (χ1) is 15.2. The van der Waals surface area contributed by atoms with Crippen molar-refractivity contribution in [2.24, 2.45) is 0 Å². The molecular weight excluding hydrogens is 416 g/mol. The molecule has 2 unspecified atom stereocenters. The van der Waals surface area contributed by atoms with Gasteiger partial charge in [0.1, 0.15) is 24.4 Å². The fourth-order valence-corrected chi connectivity index (χ4v) is 3.99. The van der Waals surface area contributed by atoms with Gasteiger partial charge < -0.3 is 14.5 Å². The van der Waals surface area contributed by atoms with E-state index in [4.69, 9.17) is 14.4 Å². The Bertz CT molecular complexity index is 852. The molecule has 32 heavy (non-hydrogen) atoms. The number of amides is 4. The highest BCUT2D eigenvalue weighted by atomic mass is 16.7. The van der Waals surface area contributed by atoms with Gasteiger partial charge >= 0.3 is 12.1 Å². The first-order valence-electron chi connectivity index (χ1n) is 10.9. The molecule has 2 bridgehead atoms. The number of carbonyl (C=O) groups excluding carboxylic acids is 3. The Hall–Kier alpha value is -2.85. The highest BCUT2D eigenvalue weighted by Crippen LogP contribution is 2.30. The summed E-state index contributed by atoms with van der Waals surface area (Å²) in [6, 6.07) is 8.66. The van der Waals surface area contributed by atoms with E-state index in [9.17, 15) is 14.4 Å². The van der Waals surface area contributed by atoms with E-state index in [1.54, 1.807) is 20.8 Å². The Kier molecular flexibility index (Phi) is 6.25. The summed E-state index contributed by atoms with van der Waals surface area (Å²) in [5.74, 6) is -0.363. The first-order valence-corrected chi connectivity index (χ1v) is 10.9. The second-order valence-corrected chi connectivity index (χ2v) is 9.36. The fraction of sp³-hybridized carbons (Fsp3) is 0.591. The van der Waals surface area contributed by atoms with Crippen LogP contribution in [0.25, 0.3) is 0 Å². The molecule has 1 aromatic rings. The Morgan fingerprint density at radius 1 is 1.09 bits per heavy atom. The molecule has 10 heteroatoms. The van der Waals surface area contributed by atoms with Gasteiger partial charge in [0, 0.05) is 6.54 Å². The van der Waals surface area contributed by atoms with E-state index in [0.29, 0.717) is 39.1 Å². The first kappa shape index (κ1) is 22.3. The zero-order chi connectivity index (χ0) is 22.9. The Morgan fingerprint density at radius 2 is 1.81 bits per heavy atom.